The van der Waals surface area contributed by atoms with E-state index < -0.39 is 23.0 Å². The van der Waals surface area contributed by atoms with Crippen molar-refractivity contribution < 1.29 is 22.7 Å². The lowest BCUT2D eigenvalue weighted by atomic mass is 10.2. The van der Waals surface area contributed by atoms with Crippen molar-refractivity contribution in [3.05, 3.63) is 47.5 Å². The predicted molar refractivity (Wildman–Crippen MR) is 83.0 cm³/mol. The number of benzene rings is 1. The third-order valence-corrected chi connectivity index (χ3v) is 3.66. The molecule has 1 aromatic rings. The van der Waals surface area contributed by atoms with Crippen molar-refractivity contribution in [3.63, 3.8) is 0 Å². The van der Waals surface area contributed by atoms with Crippen molar-refractivity contribution in [2.75, 3.05) is 20.3 Å². The zero-order valence-electron chi connectivity index (χ0n) is 12.6. The summed E-state index contributed by atoms with van der Waals surface area (Å²) in [5.74, 6) is -0.843. The first-order valence-electron chi connectivity index (χ1n) is 6.69. The van der Waals surface area contributed by atoms with Crippen LogP contribution in [0, 0.1) is 0 Å². The van der Waals surface area contributed by atoms with E-state index in [1.54, 1.807) is 37.3 Å². The minimum atomic E-state index is -1.86. The van der Waals surface area contributed by atoms with Gasteiger partial charge in [-0.1, -0.05) is 24.8 Å². The first kappa shape index (κ1) is 18.1. The van der Waals surface area contributed by atoms with Crippen LogP contribution >= 0.6 is 0 Å². The molecule has 0 aromatic heterocycles. The molecular formula is C15H19NO5S. The normalized spacial score (nSPS) is 11.5. The quantitative estimate of drug-likeness (QED) is 0.682. The van der Waals surface area contributed by atoms with E-state index in [0.717, 1.165) is 0 Å². The molecule has 0 heterocycles. The molecule has 7 heteroatoms. The maximum absolute atomic E-state index is 12.5. The minimum Gasteiger partial charge on any atom is -0.466 e. The molecule has 0 saturated heterocycles. The molecule has 1 atom stereocenters. The molecule has 0 bridgehead atoms. The topological polar surface area (TPSA) is 72.9 Å². The van der Waals surface area contributed by atoms with Crippen LogP contribution in [0.15, 0.2) is 41.9 Å². The Hall–Kier alpha value is -1.99. The molecule has 0 aliphatic rings. The maximum atomic E-state index is 12.5. The highest BCUT2D eigenvalue weighted by atomic mass is 32.2. The maximum Gasteiger partial charge on any atom is 0.307 e. The van der Waals surface area contributed by atoms with Gasteiger partial charge in [0.25, 0.3) is 5.91 Å². The highest BCUT2D eigenvalue weighted by Crippen LogP contribution is 2.14. The standard InChI is InChI=1S/C15H19NO5S/c1-4-21-14(17)10-11-16(12(2)22(19)20-3)15(18)13-8-6-5-7-9-13/h5-9H,2,4,10-11H2,1,3H3. The van der Waals surface area contributed by atoms with E-state index >= 15 is 0 Å². The largest absolute Gasteiger partial charge is 0.466 e. The first-order chi connectivity index (χ1) is 10.5. The van der Waals surface area contributed by atoms with E-state index in [9.17, 15) is 13.8 Å². The van der Waals surface area contributed by atoms with E-state index in [4.69, 9.17) is 8.92 Å². The Bertz CT molecular complexity index is 558. The van der Waals surface area contributed by atoms with Crippen molar-refractivity contribution in [1.82, 2.24) is 4.90 Å². The lowest BCUT2D eigenvalue weighted by Crippen LogP contribution is -2.34. The molecule has 0 radical (unpaired) electrons. The molecule has 1 rings (SSSR count). The smallest absolute Gasteiger partial charge is 0.307 e. The van der Waals surface area contributed by atoms with Gasteiger partial charge >= 0.3 is 5.97 Å². The number of amides is 1. The van der Waals surface area contributed by atoms with E-state index in [-0.39, 0.29) is 24.6 Å². The zero-order valence-corrected chi connectivity index (χ0v) is 13.4. The molecule has 0 aliphatic heterocycles. The molecule has 1 unspecified atom stereocenters. The third kappa shape index (κ3) is 5.09. The van der Waals surface area contributed by atoms with Gasteiger partial charge in [-0.2, -0.15) is 0 Å². The van der Waals surface area contributed by atoms with Gasteiger partial charge in [0.1, 0.15) is 5.03 Å². The number of carbonyl (C=O) groups is 2. The van der Waals surface area contributed by atoms with Crippen LogP contribution in [-0.2, 0) is 24.8 Å². The monoisotopic (exact) mass is 325 g/mol. The van der Waals surface area contributed by atoms with Crippen LogP contribution in [-0.4, -0.2) is 41.2 Å². The molecule has 120 valence electrons. The van der Waals surface area contributed by atoms with Crippen molar-refractivity contribution in [1.29, 1.82) is 0 Å². The van der Waals surface area contributed by atoms with E-state index in [2.05, 4.69) is 6.58 Å². The number of hydrogen-bond donors (Lipinski definition) is 0. The molecule has 1 amide bonds. The summed E-state index contributed by atoms with van der Waals surface area (Å²) in [5.41, 5.74) is 0.403. The summed E-state index contributed by atoms with van der Waals surface area (Å²) in [6.45, 7) is 5.60. The molecule has 6 nitrogen and oxygen atoms in total. The number of carbonyl (C=O) groups excluding carboxylic acids is 2. The Morgan fingerprint density at radius 2 is 1.91 bits per heavy atom. The van der Waals surface area contributed by atoms with Gasteiger partial charge in [-0.3, -0.25) is 18.7 Å². The van der Waals surface area contributed by atoms with Crippen LogP contribution in [0.4, 0.5) is 0 Å². The highest BCUT2D eigenvalue weighted by molar-refractivity contribution is 7.84. The SMILES string of the molecule is C=C(N(CCC(=O)OCC)C(=O)c1ccccc1)S(=O)OC. The molecule has 1 aromatic carbocycles. The summed E-state index contributed by atoms with van der Waals surface area (Å²) < 4.78 is 21.3. The van der Waals surface area contributed by atoms with Gasteiger partial charge in [0, 0.05) is 12.1 Å². The van der Waals surface area contributed by atoms with E-state index in [0.29, 0.717) is 5.56 Å². The van der Waals surface area contributed by atoms with Crippen LogP contribution in [0.5, 0.6) is 0 Å². The zero-order chi connectivity index (χ0) is 16.5. The molecule has 0 fully saturated rings. The molecular weight excluding hydrogens is 306 g/mol. The number of hydrogen-bond acceptors (Lipinski definition) is 5. The van der Waals surface area contributed by atoms with Gasteiger partial charge in [-0.05, 0) is 19.1 Å². The number of esters is 1. The first-order valence-corrected chi connectivity index (χ1v) is 7.76. The number of ether oxygens (including phenoxy) is 1. The Labute approximate surface area is 132 Å². The van der Waals surface area contributed by atoms with Crippen LogP contribution in [0.2, 0.25) is 0 Å². The molecule has 0 spiro atoms. The third-order valence-electron chi connectivity index (χ3n) is 2.76. The summed E-state index contributed by atoms with van der Waals surface area (Å²) in [4.78, 5) is 25.1. The highest BCUT2D eigenvalue weighted by Gasteiger charge is 2.23. The fourth-order valence-corrected chi connectivity index (χ4v) is 2.25. The minimum absolute atomic E-state index is 0.0133. The fraction of sp³-hybridized carbons (Fsp3) is 0.333. The van der Waals surface area contributed by atoms with Crippen LogP contribution in [0.25, 0.3) is 0 Å². The van der Waals surface area contributed by atoms with Gasteiger partial charge < -0.3 is 4.74 Å². The summed E-state index contributed by atoms with van der Waals surface area (Å²) >= 11 is -1.86. The van der Waals surface area contributed by atoms with Gasteiger partial charge in [-0.15, -0.1) is 0 Å². The molecule has 0 N–H and O–H groups in total. The second kappa shape index (κ2) is 9.11. The molecule has 22 heavy (non-hydrogen) atoms. The predicted octanol–water partition coefficient (Wildman–Crippen LogP) is 1.86. The van der Waals surface area contributed by atoms with Gasteiger partial charge in [0.05, 0.1) is 20.1 Å². The summed E-state index contributed by atoms with van der Waals surface area (Å²) in [6, 6.07) is 8.47. The van der Waals surface area contributed by atoms with Gasteiger partial charge in [0.15, 0.2) is 0 Å². The Morgan fingerprint density at radius 3 is 2.45 bits per heavy atom. The second-order valence-corrected chi connectivity index (χ2v) is 5.45. The molecule has 0 aliphatic carbocycles. The Morgan fingerprint density at radius 1 is 1.27 bits per heavy atom. The second-order valence-electron chi connectivity index (χ2n) is 4.17. The lowest BCUT2D eigenvalue weighted by Gasteiger charge is -2.23. The van der Waals surface area contributed by atoms with Crippen LogP contribution < -0.4 is 0 Å². The average Bonchev–Trinajstić information content (AvgIpc) is 2.54. The van der Waals surface area contributed by atoms with E-state index in [1.807, 2.05) is 0 Å². The number of nitrogens with zero attached hydrogens (tertiary/aromatic N) is 1. The summed E-state index contributed by atoms with van der Waals surface area (Å²) in [6.07, 6.45) is -0.0215. The average molecular weight is 325 g/mol. The summed E-state index contributed by atoms with van der Waals surface area (Å²) in [7, 11) is 1.25. The summed E-state index contributed by atoms with van der Waals surface area (Å²) in [5, 5.41) is -0.0133. The van der Waals surface area contributed by atoms with E-state index in [1.165, 1.54) is 12.0 Å². The van der Waals surface area contributed by atoms with Crippen LogP contribution in [0.3, 0.4) is 0 Å². The van der Waals surface area contributed by atoms with Crippen molar-refractivity contribution in [2.45, 2.75) is 13.3 Å². The fourth-order valence-electron chi connectivity index (χ4n) is 1.70. The van der Waals surface area contributed by atoms with Gasteiger partial charge in [0.2, 0.25) is 11.1 Å². The van der Waals surface area contributed by atoms with Crippen molar-refractivity contribution in [2.24, 2.45) is 0 Å². The number of rotatable bonds is 8. The van der Waals surface area contributed by atoms with Gasteiger partial charge in [-0.25, -0.2) is 4.21 Å². The van der Waals surface area contributed by atoms with Crippen molar-refractivity contribution >= 4 is 23.0 Å². The molecule has 0 saturated carbocycles. The Kier molecular flexibility index (Phi) is 7.48. The lowest BCUT2D eigenvalue weighted by molar-refractivity contribution is -0.143. The van der Waals surface area contributed by atoms with Crippen molar-refractivity contribution in [3.8, 4) is 0 Å². The van der Waals surface area contributed by atoms with Crippen LogP contribution in [0.1, 0.15) is 23.7 Å². The Balaban J connectivity index is 2.91.